The molecule has 1 saturated heterocycles. The Bertz CT molecular complexity index is 786. The first-order valence-corrected chi connectivity index (χ1v) is 8.93. The van der Waals surface area contributed by atoms with Gasteiger partial charge in [-0.15, -0.1) is 0 Å². The number of aromatic carboxylic acids is 1. The van der Waals surface area contributed by atoms with Crippen molar-refractivity contribution in [1.29, 1.82) is 0 Å². The van der Waals surface area contributed by atoms with Gasteiger partial charge in [0.05, 0.1) is 23.0 Å². The number of ether oxygens (including phenoxy) is 1. The van der Waals surface area contributed by atoms with Crippen LogP contribution in [0.5, 0.6) is 0 Å². The van der Waals surface area contributed by atoms with Crippen molar-refractivity contribution in [3.05, 3.63) is 23.3 Å². The molecule has 1 N–H and O–H groups in total. The fourth-order valence-corrected chi connectivity index (χ4v) is 3.65. The number of nitrogens with zero attached hydrogens (tertiary/aromatic N) is 3. The number of likely N-dealkylation sites (N-methyl/N-ethyl adjacent to an activating group) is 1. The van der Waals surface area contributed by atoms with Crippen molar-refractivity contribution in [1.82, 2.24) is 4.90 Å². The van der Waals surface area contributed by atoms with E-state index >= 15 is 0 Å². The minimum Gasteiger partial charge on any atom is -0.478 e. The zero-order chi connectivity index (χ0) is 19.9. The van der Waals surface area contributed by atoms with Crippen molar-refractivity contribution in [3.63, 3.8) is 0 Å². The van der Waals surface area contributed by atoms with E-state index in [-0.39, 0.29) is 23.3 Å². The number of carboxylic acids is 1. The van der Waals surface area contributed by atoms with Gasteiger partial charge in [-0.3, -0.25) is 4.79 Å². The number of anilines is 2. The lowest BCUT2D eigenvalue weighted by atomic mass is 9.99. The normalized spacial score (nSPS) is 19.3. The molecule has 27 heavy (non-hydrogen) atoms. The fraction of sp³-hybridized carbons (Fsp3) is 0.526. The van der Waals surface area contributed by atoms with Crippen LogP contribution in [0, 0.1) is 0 Å². The van der Waals surface area contributed by atoms with E-state index in [0.717, 1.165) is 11.4 Å². The summed E-state index contributed by atoms with van der Waals surface area (Å²) in [6.07, 6.45) is 0.245. The Morgan fingerprint density at radius 1 is 1.19 bits per heavy atom. The van der Waals surface area contributed by atoms with E-state index in [9.17, 15) is 19.5 Å². The zero-order valence-corrected chi connectivity index (χ0v) is 16.1. The number of carbonyl (C=O) groups is 3. The van der Waals surface area contributed by atoms with Crippen LogP contribution in [0.4, 0.5) is 16.2 Å². The standard InChI is InChI=1S/C19H25N3O5/c1-19(2,3)27-18(26)21-5-6-22-13(10-21)9-20(4)15-8-14(17(24)25)12(11-23)7-16(15)22/h7-8,11,13H,5-6,9-10H2,1-4H3,(H,24,25)/t13-/m1/s1. The van der Waals surface area contributed by atoms with Crippen molar-refractivity contribution in [2.45, 2.75) is 32.4 Å². The van der Waals surface area contributed by atoms with Crippen LogP contribution in [0.1, 0.15) is 41.5 Å². The van der Waals surface area contributed by atoms with Gasteiger partial charge in [-0.25, -0.2) is 9.59 Å². The van der Waals surface area contributed by atoms with Crippen LogP contribution in [-0.4, -0.2) is 73.2 Å². The number of aldehydes is 1. The van der Waals surface area contributed by atoms with Crippen LogP contribution in [0.2, 0.25) is 0 Å². The predicted octanol–water partition coefficient (Wildman–Crippen LogP) is 2.07. The monoisotopic (exact) mass is 375 g/mol. The summed E-state index contributed by atoms with van der Waals surface area (Å²) in [5, 5.41) is 9.36. The summed E-state index contributed by atoms with van der Waals surface area (Å²) in [7, 11) is 1.88. The highest BCUT2D eigenvalue weighted by atomic mass is 16.6. The van der Waals surface area contributed by atoms with Gasteiger partial charge in [0.2, 0.25) is 0 Å². The molecule has 0 bridgehead atoms. The van der Waals surface area contributed by atoms with Crippen LogP contribution in [0.25, 0.3) is 0 Å². The molecule has 0 saturated carbocycles. The van der Waals surface area contributed by atoms with Crippen molar-refractivity contribution in [2.24, 2.45) is 0 Å². The smallest absolute Gasteiger partial charge is 0.410 e. The molecule has 3 rings (SSSR count). The maximum atomic E-state index is 12.4. The van der Waals surface area contributed by atoms with Gasteiger partial charge in [0, 0.05) is 38.8 Å². The molecule has 1 fully saturated rings. The summed E-state index contributed by atoms with van der Waals surface area (Å²) in [5.41, 5.74) is 1.21. The number of piperazine rings is 1. The Labute approximate surface area is 158 Å². The summed E-state index contributed by atoms with van der Waals surface area (Å²) >= 11 is 0. The van der Waals surface area contributed by atoms with Gasteiger partial charge < -0.3 is 24.5 Å². The second-order valence-corrected chi connectivity index (χ2v) is 8.01. The molecule has 2 heterocycles. The fourth-order valence-electron chi connectivity index (χ4n) is 3.65. The van der Waals surface area contributed by atoms with Gasteiger partial charge in [-0.1, -0.05) is 0 Å². The average Bonchev–Trinajstić information content (AvgIpc) is 2.58. The van der Waals surface area contributed by atoms with E-state index in [0.29, 0.717) is 32.5 Å². The molecule has 0 unspecified atom stereocenters. The lowest BCUT2D eigenvalue weighted by Gasteiger charge is -2.48. The Morgan fingerprint density at radius 2 is 1.89 bits per heavy atom. The summed E-state index contributed by atoms with van der Waals surface area (Å²) in [6, 6.07) is 3.23. The number of amides is 1. The van der Waals surface area contributed by atoms with E-state index in [1.165, 1.54) is 0 Å². The number of hydrogen-bond donors (Lipinski definition) is 1. The molecule has 1 amide bonds. The molecule has 1 aromatic rings. The summed E-state index contributed by atoms with van der Waals surface area (Å²) in [4.78, 5) is 41.0. The topological polar surface area (TPSA) is 90.4 Å². The van der Waals surface area contributed by atoms with Gasteiger partial charge in [0.25, 0.3) is 0 Å². The van der Waals surface area contributed by atoms with E-state index < -0.39 is 11.6 Å². The Kier molecular flexibility index (Phi) is 4.75. The van der Waals surface area contributed by atoms with Crippen molar-refractivity contribution >= 4 is 29.7 Å². The number of carboxylic acid groups (broad SMARTS) is 1. The third-order valence-electron chi connectivity index (χ3n) is 4.84. The molecule has 1 atom stereocenters. The lowest BCUT2D eigenvalue weighted by molar-refractivity contribution is 0.0215. The maximum Gasteiger partial charge on any atom is 0.410 e. The first-order valence-electron chi connectivity index (χ1n) is 8.93. The van der Waals surface area contributed by atoms with Crippen LogP contribution in [-0.2, 0) is 4.74 Å². The second-order valence-electron chi connectivity index (χ2n) is 8.01. The van der Waals surface area contributed by atoms with Crippen LogP contribution < -0.4 is 9.80 Å². The van der Waals surface area contributed by atoms with Crippen LogP contribution in [0.15, 0.2) is 12.1 Å². The van der Waals surface area contributed by atoms with Gasteiger partial charge in [0.15, 0.2) is 6.29 Å². The summed E-state index contributed by atoms with van der Waals surface area (Å²) in [5.74, 6) is -1.12. The quantitative estimate of drug-likeness (QED) is 0.792. The number of rotatable bonds is 2. The number of hydrogen-bond acceptors (Lipinski definition) is 6. The molecule has 146 valence electrons. The highest BCUT2D eigenvalue weighted by Crippen LogP contribution is 2.38. The third kappa shape index (κ3) is 3.70. The highest BCUT2D eigenvalue weighted by Gasteiger charge is 2.37. The van der Waals surface area contributed by atoms with Crippen molar-refractivity contribution in [3.8, 4) is 0 Å². The zero-order valence-electron chi connectivity index (χ0n) is 16.1. The Hall–Kier alpha value is -2.77. The summed E-state index contributed by atoms with van der Waals surface area (Å²) < 4.78 is 5.48. The first-order chi connectivity index (χ1) is 12.6. The lowest BCUT2D eigenvalue weighted by Crippen LogP contribution is -2.60. The van der Waals surface area contributed by atoms with E-state index in [1.54, 1.807) is 17.0 Å². The molecule has 8 heteroatoms. The van der Waals surface area contributed by atoms with Crippen LogP contribution >= 0.6 is 0 Å². The van der Waals surface area contributed by atoms with E-state index in [2.05, 4.69) is 4.90 Å². The highest BCUT2D eigenvalue weighted by molar-refractivity contribution is 6.00. The molecule has 0 spiro atoms. The second kappa shape index (κ2) is 6.75. The molecule has 1 aromatic carbocycles. The van der Waals surface area contributed by atoms with E-state index in [1.807, 2.05) is 32.7 Å². The number of fused-ring (bicyclic) bond motifs is 3. The Balaban J connectivity index is 1.87. The number of carbonyl (C=O) groups excluding carboxylic acids is 2. The molecular weight excluding hydrogens is 350 g/mol. The molecular formula is C19H25N3O5. The van der Waals surface area contributed by atoms with E-state index in [4.69, 9.17) is 4.74 Å². The SMILES string of the molecule is CN1C[C@@H]2CN(C(=O)OC(C)(C)C)CCN2c2cc(C=O)c(C(=O)O)cc21. The maximum absolute atomic E-state index is 12.4. The molecule has 0 aliphatic carbocycles. The van der Waals surface area contributed by atoms with Crippen molar-refractivity contribution < 1.29 is 24.2 Å². The molecule has 0 aromatic heterocycles. The third-order valence-corrected chi connectivity index (χ3v) is 4.84. The Morgan fingerprint density at radius 3 is 2.48 bits per heavy atom. The number of benzene rings is 1. The minimum absolute atomic E-state index is 0.00133. The van der Waals surface area contributed by atoms with Gasteiger partial charge >= 0.3 is 12.1 Å². The molecule has 8 nitrogen and oxygen atoms in total. The minimum atomic E-state index is -1.12. The van der Waals surface area contributed by atoms with Gasteiger partial charge in [-0.05, 0) is 32.9 Å². The summed E-state index contributed by atoms with van der Waals surface area (Å²) in [6.45, 7) is 7.77. The molecule has 0 radical (unpaired) electrons. The van der Waals surface area contributed by atoms with Gasteiger partial charge in [0.1, 0.15) is 5.60 Å². The molecule has 2 aliphatic heterocycles. The largest absolute Gasteiger partial charge is 0.478 e. The predicted molar refractivity (Wildman–Crippen MR) is 101 cm³/mol. The average molecular weight is 375 g/mol. The van der Waals surface area contributed by atoms with Crippen LogP contribution in [0.3, 0.4) is 0 Å². The molecule has 2 aliphatic rings. The first kappa shape index (κ1) is 19.0. The van der Waals surface area contributed by atoms with Gasteiger partial charge in [-0.2, -0.15) is 0 Å². The van der Waals surface area contributed by atoms with Crippen molar-refractivity contribution in [2.75, 3.05) is 43.0 Å².